The number of para-hydroxylation sites is 1. The Hall–Kier alpha value is -5.52. The molecule has 2 aromatic heterocycles. The Morgan fingerprint density at radius 2 is 1.09 bits per heavy atom. The van der Waals surface area contributed by atoms with Crippen molar-refractivity contribution in [3.05, 3.63) is 158 Å². The van der Waals surface area contributed by atoms with Crippen molar-refractivity contribution in [2.75, 3.05) is 0 Å². The summed E-state index contributed by atoms with van der Waals surface area (Å²) in [5.74, 6) is 2.25. The number of rotatable bonds is 6. The van der Waals surface area contributed by atoms with Crippen LogP contribution in [0, 0.1) is 0 Å². The number of hydrogen-bond acceptors (Lipinski definition) is 5. The monoisotopic (exact) mass is 596 g/mol. The van der Waals surface area contributed by atoms with E-state index in [1.54, 1.807) is 11.3 Å². The number of benzene rings is 5. The fourth-order valence-corrected chi connectivity index (χ4v) is 6.71. The van der Waals surface area contributed by atoms with Crippen molar-refractivity contribution in [3.63, 3.8) is 0 Å². The Balaban J connectivity index is 1.16. The lowest BCUT2D eigenvalue weighted by Crippen LogP contribution is -2.07. The van der Waals surface area contributed by atoms with Gasteiger partial charge in [-0.05, 0) is 29.2 Å². The van der Waals surface area contributed by atoms with Crippen LogP contribution in [-0.2, 0) is 0 Å². The first-order valence-corrected chi connectivity index (χ1v) is 15.9. The molecule has 1 aliphatic carbocycles. The Bertz CT molecular complexity index is 2170. The number of aromatic nitrogens is 4. The third-order valence-corrected chi connectivity index (χ3v) is 9.18. The van der Waals surface area contributed by atoms with E-state index in [0.29, 0.717) is 11.6 Å². The molecule has 1 aliphatic rings. The molecule has 1 unspecified atom stereocenters. The first-order chi connectivity index (χ1) is 22.3. The van der Waals surface area contributed by atoms with Crippen LogP contribution in [0.25, 0.3) is 65.8 Å². The quantitative estimate of drug-likeness (QED) is 0.192. The van der Waals surface area contributed by atoms with Gasteiger partial charge in [-0.25, -0.2) is 19.9 Å². The van der Waals surface area contributed by atoms with Gasteiger partial charge < -0.3 is 0 Å². The van der Waals surface area contributed by atoms with Gasteiger partial charge in [0.1, 0.15) is 10.8 Å². The summed E-state index contributed by atoms with van der Waals surface area (Å²) in [4.78, 5) is 20.0. The second-order valence-electron chi connectivity index (χ2n) is 11.1. The van der Waals surface area contributed by atoms with Gasteiger partial charge in [-0.15, -0.1) is 11.3 Å². The number of allylic oxidation sites excluding steroid dienone is 4. The highest BCUT2D eigenvalue weighted by Crippen LogP contribution is 2.36. The van der Waals surface area contributed by atoms with Crippen molar-refractivity contribution >= 4 is 21.6 Å². The number of thiazole rings is 1. The summed E-state index contributed by atoms with van der Waals surface area (Å²) < 4.78 is 1.18. The molecule has 5 aromatic carbocycles. The van der Waals surface area contributed by atoms with E-state index in [9.17, 15) is 0 Å². The summed E-state index contributed by atoms with van der Waals surface area (Å²) in [7, 11) is 0. The molecule has 0 spiro atoms. The van der Waals surface area contributed by atoms with Crippen LogP contribution in [0.4, 0.5) is 0 Å². The van der Waals surface area contributed by atoms with Crippen molar-refractivity contribution in [1.29, 1.82) is 0 Å². The molecule has 0 saturated heterocycles. The Labute approximate surface area is 266 Å². The largest absolute Gasteiger partial charge is 0.235 e. The molecule has 0 fully saturated rings. The van der Waals surface area contributed by atoms with Crippen LogP contribution >= 0.6 is 11.3 Å². The van der Waals surface area contributed by atoms with Gasteiger partial charge in [0.2, 0.25) is 0 Å². The molecule has 0 N–H and O–H groups in total. The molecule has 214 valence electrons. The lowest BCUT2D eigenvalue weighted by atomic mass is 9.99. The van der Waals surface area contributed by atoms with Gasteiger partial charge >= 0.3 is 0 Å². The second kappa shape index (κ2) is 11.9. The number of nitrogens with zero attached hydrogens (tertiary/aromatic N) is 4. The minimum Gasteiger partial charge on any atom is -0.235 e. The minimum absolute atomic E-state index is 0.111. The van der Waals surface area contributed by atoms with E-state index < -0.39 is 0 Å². The maximum Gasteiger partial charge on any atom is 0.163 e. The molecular formula is C40H28N4S. The highest BCUT2D eigenvalue weighted by molar-refractivity contribution is 7.21. The van der Waals surface area contributed by atoms with E-state index in [4.69, 9.17) is 19.9 Å². The van der Waals surface area contributed by atoms with Gasteiger partial charge in [-0.1, -0.05) is 146 Å². The Morgan fingerprint density at radius 1 is 0.489 bits per heavy atom. The highest BCUT2D eigenvalue weighted by atomic mass is 32.1. The third kappa shape index (κ3) is 5.50. The summed E-state index contributed by atoms with van der Waals surface area (Å²) in [6, 6.07) is 44.1. The molecule has 8 rings (SSSR count). The molecule has 0 amide bonds. The second-order valence-corrected chi connectivity index (χ2v) is 12.1. The predicted molar refractivity (Wildman–Crippen MR) is 186 cm³/mol. The Morgan fingerprint density at radius 3 is 1.73 bits per heavy atom. The van der Waals surface area contributed by atoms with Crippen molar-refractivity contribution in [2.45, 2.75) is 12.3 Å². The van der Waals surface area contributed by atoms with E-state index in [0.717, 1.165) is 56.2 Å². The zero-order valence-corrected chi connectivity index (χ0v) is 25.2. The molecular weight excluding hydrogens is 569 g/mol. The molecule has 0 aliphatic heterocycles. The molecule has 7 aromatic rings. The van der Waals surface area contributed by atoms with E-state index in [1.807, 2.05) is 12.1 Å². The van der Waals surface area contributed by atoms with Gasteiger partial charge in [0.05, 0.1) is 10.2 Å². The zero-order valence-electron chi connectivity index (χ0n) is 24.4. The first kappa shape index (κ1) is 27.1. The van der Waals surface area contributed by atoms with Crippen molar-refractivity contribution in [3.8, 4) is 55.6 Å². The topological polar surface area (TPSA) is 51.6 Å². The SMILES string of the molecule is C1=CCC(c2nc(-c3ccc(-c4ccccc4)cc3)nc(-c3ccc(-c4cccc5sc(-c6ccccc6)nc45)cc3)n2)C=C1. The van der Waals surface area contributed by atoms with Crippen LogP contribution in [-0.4, -0.2) is 19.9 Å². The average molecular weight is 597 g/mol. The van der Waals surface area contributed by atoms with Crippen LogP contribution < -0.4 is 0 Å². The van der Waals surface area contributed by atoms with Gasteiger partial charge in [0, 0.05) is 28.2 Å². The maximum atomic E-state index is 5.05. The highest BCUT2D eigenvalue weighted by Gasteiger charge is 2.18. The summed E-state index contributed by atoms with van der Waals surface area (Å²) >= 11 is 1.72. The van der Waals surface area contributed by atoms with E-state index >= 15 is 0 Å². The van der Waals surface area contributed by atoms with Crippen molar-refractivity contribution < 1.29 is 0 Å². The average Bonchev–Trinajstić information content (AvgIpc) is 3.58. The lowest BCUT2D eigenvalue weighted by Gasteiger charge is -2.14. The van der Waals surface area contributed by atoms with Crippen LogP contribution in [0.2, 0.25) is 0 Å². The summed E-state index contributed by atoms with van der Waals surface area (Å²) in [5, 5.41) is 1.03. The lowest BCUT2D eigenvalue weighted by molar-refractivity contribution is 0.764. The van der Waals surface area contributed by atoms with Crippen LogP contribution in [0.15, 0.2) is 152 Å². The van der Waals surface area contributed by atoms with Gasteiger partial charge in [0.25, 0.3) is 0 Å². The molecule has 5 heteroatoms. The normalized spacial score (nSPS) is 14.2. The van der Waals surface area contributed by atoms with Gasteiger partial charge in [0.15, 0.2) is 11.6 Å². The van der Waals surface area contributed by atoms with Crippen molar-refractivity contribution in [1.82, 2.24) is 19.9 Å². The van der Waals surface area contributed by atoms with Gasteiger partial charge in [-0.2, -0.15) is 0 Å². The maximum absolute atomic E-state index is 5.05. The van der Waals surface area contributed by atoms with Crippen molar-refractivity contribution in [2.24, 2.45) is 0 Å². The standard InChI is InChI=1S/C40H28N4S/c1-4-11-27(12-5-1)28-19-23-31(24-20-28)38-42-37(30-13-6-2-7-14-30)43-39(44-38)32-25-21-29(22-26-32)34-17-10-18-35-36(34)41-40(45-35)33-15-8-3-9-16-33/h1-13,15-26,30H,14H2. The van der Waals surface area contributed by atoms with Gasteiger partial charge in [-0.3, -0.25) is 0 Å². The molecule has 2 heterocycles. The smallest absolute Gasteiger partial charge is 0.163 e. The molecule has 45 heavy (non-hydrogen) atoms. The summed E-state index contributed by atoms with van der Waals surface area (Å²) in [5.41, 5.74) is 8.66. The minimum atomic E-state index is 0.111. The molecule has 4 nitrogen and oxygen atoms in total. The summed E-state index contributed by atoms with van der Waals surface area (Å²) in [6.07, 6.45) is 9.35. The van der Waals surface area contributed by atoms with Crippen LogP contribution in [0.1, 0.15) is 18.2 Å². The summed E-state index contributed by atoms with van der Waals surface area (Å²) in [6.45, 7) is 0. The molecule has 1 atom stereocenters. The van der Waals surface area contributed by atoms with Crippen LogP contribution in [0.3, 0.4) is 0 Å². The fraction of sp³-hybridized carbons (Fsp3) is 0.0500. The Kier molecular flexibility index (Phi) is 7.14. The third-order valence-electron chi connectivity index (χ3n) is 8.11. The fourth-order valence-electron chi connectivity index (χ4n) is 5.72. The molecule has 0 radical (unpaired) electrons. The van der Waals surface area contributed by atoms with E-state index in [1.165, 1.54) is 10.3 Å². The molecule has 0 saturated carbocycles. The molecule has 0 bridgehead atoms. The first-order valence-electron chi connectivity index (χ1n) is 15.1. The number of hydrogen-bond donors (Lipinski definition) is 0. The number of fused-ring (bicyclic) bond motifs is 1. The predicted octanol–water partition coefficient (Wildman–Crippen LogP) is 10.4. The zero-order chi connectivity index (χ0) is 30.0. The van der Waals surface area contributed by atoms with Crippen LogP contribution in [0.5, 0.6) is 0 Å². The van der Waals surface area contributed by atoms with E-state index in [2.05, 4.69) is 140 Å². The van der Waals surface area contributed by atoms with E-state index in [-0.39, 0.29) is 5.92 Å².